The predicted molar refractivity (Wildman–Crippen MR) is 114 cm³/mol. The maximum atomic E-state index is 12.3. The molecule has 29 heavy (non-hydrogen) atoms. The molecule has 0 spiro atoms. The maximum absolute atomic E-state index is 12.3. The van der Waals surface area contributed by atoms with Crippen LogP contribution in [0.25, 0.3) is 11.3 Å². The van der Waals surface area contributed by atoms with Gasteiger partial charge < -0.3 is 10.1 Å². The smallest absolute Gasteiger partial charge is 0.337 e. The molecule has 0 bridgehead atoms. The number of rotatable bonds is 6. The highest BCUT2D eigenvalue weighted by atomic mass is 35.5. The number of hydrogen-bond donors (Lipinski definition) is 1. The van der Waals surface area contributed by atoms with Gasteiger partial charge >= 0.3 is 5.97 Å². The lowest BCUT2D eigenvalue weighted by Gasteiger charge is -2.08. The molecule has 3 aromatic rings. The van der Waals surface area contributed by atoms with Crippen LogP contribution < -0.4 is 5.32 Å². The minimum atomic E-state index is -0.460. The fraction of sp³-hybridized carbons (Fsp3) is 0.143. The molecule has 0 aliphatic heterocycles. The van der Waals surface area contributed by atoms with Gasteiger partial charge in [0, 0.05) is 22.0 Å². The molecule has 2 aromatic carbocycles. The molecule has 1 aromatic heterocycles. The number of aryl methyl sites for hydroxylation is 1. The molecular weight excluding hydrogens is 410 g/mol. The number of carbonyl (C=O) groups is 2. The van der Waals surface area contributed by atoms with Crippen molar-refractivity contribution in [1.29, 1.82) is 0 Å². The minimum absolute atomic E-state index is 0.131. The molecule has 0 unspecified atom stereocenters. The zero-order valence-electron chi connectivity index (χ0n) is 15.8. The first kappa shape index (κ1) is 20.8. The van der Waals surface area contributed by atoms with Crippen molar-refractivity contribution in [1.82, 2.24) is 9.97 Å². The number of nitrogens with zero attached hydrogens (tertiary/aromatic N) is 2. The quantitative estimate of drug-likeness (QED) is 0.351. The molecule has 0 aliphatic rings. The van der Waals surface area contributed by atoms with Crippen molar-refractivity contribution in [2.24, 2.45) is 0 Å². The van der Waals surface area contributed by atoms with E-state index in [4.69, 9.17) is 11.6 Å². The summed E-state index contributed by atoms with van der Waals surface area (Å²) in [4.78, 5) is 32.8. The van der Waals surface area contributed by atoms with Crippen molar-refractivity contribution in [3.8, 4) is 11.3 Å². The highest BCUT2D eigenvalue weighted by molar-refractivity contribution is 7.99. The van der Waals surface area contributed by atoms with Crippen molar-refractivity contribution in [2.75, 3.05) is 18.2 Å². The molecule has 6 nitrogen and oxygen atoms in total. The minimum Gasteiger partial charge on any atom is -0.465 e. The zero-order valence-corrected chi connectivity index (χ0v) is 17.4. The number of carbonyl (C=O) groups excluding carboxylic acids is 2. The van der Waals surface area contributed by atoms with Crippen LogP contribution in [-0.2, 0) is 9.53 Å². The second kappa shape index (κ2) is 9.54. The van der Waals surface area contributed by atoms with E-state index in [1.165, 1.54) is 18.9 Å². The topological polar surface area (TPSA) is 81.2 Å². The summed E-state index contributed by atoms with van der Waals surface area (Å²) in [6, 6.07) is 15.8. The van der Waals surface area contributed by atoms with Crippen molar-refractivity contribution in [3.05, 3.63) is 70.9 Å². The first-order valence-corrected chi connectivity index (χ1v) is 10.0. The van der Waals surface area contributed by atoms with E-state index in [2.05, 4.69) is 20.0 Å². The third kappa shape index (κ3) is 5.79. The van der Waals surface area contributed by atoms with Gasteiger partial charge in [-0.2, -0.15) is 0 Å². The van der Waals surface area contributed by atoms with E-state index in [0.29, 0.717) is 21.4 Å². The van der Waals surface area contributed by atoms with Gasteiger partial charge in [0.25, 0.3) is 0 Å². The number of esters is 1. The Morgan fingerprint density at radius 3 is 2.59 bits per heavy atom. The molecule has 0 aliphatic carbocycles. The Morgan fingerprint density at radius 2 is 1.86 bits per heavy atom. The summed E-state index contributed by atoms with van der Waals surface area (Å²) in [5.41, 5.74) is 3.38. The number of thioether (sulfide) groups is 1. The number of ether oxygens (including phenoxy) is 1. The van der Waals surface area contributed by atoms with Gasteiger partial charge in [0.1, 0.15) is 0 Å². The second-order valence-corrected chi connectivity index (χ2v) is 7.47. The molecule has 8 heteroatoms. The van der Waals surface area contributed by atoms with Crippen molar-refractivity contribution < 1.29 is 14.3 Å². The second-order valence-electron chi connectivity index (χ2n) is 6.09. The van der Waals surface area contributed by atoms with Gasteiger partial charge in [0.15, 0.2) is 5.16 Å². The van der Waals surface area contributed by atoms with Crippen molar-refractivity contribution in [3.63, 3.8) is 0 Å². The Morgan fingerprint density at radius 1 is 1.10 bits per heavy atom. The number of amides is 1. The highest BCUT2D eigenvalue weighted by Gasteiger charge is 2.11. The Hall–Kier alpha value is -2.90. The van der Waals surface area contributed by atoms with E-state index < -0.39 is 5.97 Å². The molecule has 0 atom stereocenters. The van der Waals surface area contributed by atoms with Crippen LogP contribution in [-0.4, -0.2) is 34.7 Å². The van der Waals surface area contributed by atoms with Crippen LogP contribution in [0.5, 0.6) is 0 Å². The van der Waals surface area contributed by atoms with E-state index in [1.807, 2.05) is 25.1 Å². The number of methoxy groups -OCH3 is 1. The van der Waals surface area contributed by atoms with Gasteiger partial charge in [-0.25, -0.2) is 14.8 Å². The number of anilines is 1. The number of halogens is 1. The van der Waals surface area contributed by atoms with Gasteiger partial charge in [-0.05, 0) is 43.3 Å². The standard InChI is InChI=1S/C21H18ClN3O3S/c1-13-10-18(14-6-8-16(22)9-7-14)25-21(23-13)29-12-19(26)24-17-5-3-4-15(11-17)20(27)28-2/h3-11H,12H2,1-2H3,(H,24,26). The average Bonchev–Trinajstić information content (AvgIpc) is 2.72. The molecule has 1 N–H and O–H groups in total. The lowest BCUT2D eigenvalue weighted by Crippen LogP contribution is -2.15. The van der Waals surface area contributed by atoms with Gasteiger partial charge in [-0.3, -0.25) is 4.79 Å². The van der Waals surface area contributed by atoms with E-state index in [-0.39, 0.29) is 11.7 Å². The molecule has 0 radical (unpaired) electrons. The summed E-state index contributed by atoms with van der Waals surface area (Å²) in [5.74, 6) is -0.556. The lowest BCUT2D eigenvalue weighted by atomic mass is 10.1. The first-order chi connectivity index (χ1) is 13.9. The molecule has 1 amide bonds. The number of aromatic nitrogens is 2. The number of hydrogen-bond acceptors (Lipinski definition) is 6. The summed E-state index contributed by atoms with van der Waals surface area (Å²) in [5, 5.41) is 3.92. The van der Waals surface area contributed by atoms with E-state index >= 15 is 0 Å². The maximum Gasteiger partial charge on any atom is 0.337 e. The van der Waals surface area contributed by atoms with Gasteiger partial charge in [-0.1, -0.05) is 41.6 Å². The third-order valence-electron chi connectivity index (χ3n) is 3.87. The van der Waals surface area contributed by atoms with Crippen LogP contribution >= 0.6 is 23.4 Å². The van der Waals surface area contributed by atoms with Crippen LogP contribution in [0, 0.1) is 6.92 Å². The van der Waals surface area contributed by atoms with Crippen LogP contribution in [0.3, 0.4) is 0 Å². The summed E-state index contributed by atoms with van der Waals surface area (Å²) >= 11 is 7.18. The Bertz CT molecular complexity index is 1040. The monoisotopic (exact) mass is 427 g/mol. The highest BCUT2D eigenvalue weighted by Crippen LogP contribution is 2.23. The zero-order chi connectivity index (χ0) is 20.8. The largest absolute Gasteiger partial charge is 0.465 e. The van der Waals surface area contributed by atoms with Crippen LogP contribution in [0.4, 0.5) is 5.69 Å². The molecule has 0 fully saturated rings. The summed E-state index contributed by atoms with van der Waals surface area (Å²) in [7, 11) is 1.31. The average molecular weight is 428 g/mol. The third-order valence-corrected chi connectivity index (χ3v) is 4.97. The normalized spacial score (nSPS) is 10.4. The molecule has 0 saturated heterocycles. The molecule has 1 heterocycles. The first-order valence-electron chi connectivity index (χ1n) is 8.67. The fourth-order valence-corrected chi connectivity index (χ4v) is 3.37. The summed E-state index contributed by atoms with van der Waals surface area (Å²) < 4.78 is 4.69. The van der Waals surface area contributed by atoms with E-state index in [1.54, 1.807) is 36.4 Å². The molecule has 0 saturated carbocycles. The van der Waals surface area contributed by atoms with Crippen molar-refractivity contribution >= 4 is 40.9 Å². The van der Waals surface area contributed by atoms with E-state index in [0.717, 1.165) is 17.0 Å². The SMILES string of the molecule is COC(=O)c1cccc(NC(=O)CSc2nc(C)cc(-c3ccc(Cl)cc3)n2)c1. The number of benzene rings is 2. The van der Waals surface area contributed by atoms with Crippen molar-refractivity contribution in [2.45, 2.75) is 12.1 Å². The van der Waals surface area contributed by atoms with E-state index in [9.17, 15) is 9.59 Å². The Labute approximate surface area is 177 Å². The Kier molecular flexibility index (Phi) is 6.85. The molecule has 3 rings (SSSR count). The van der Waals surface area contributed by atoms with Gasteiger partial charge in [-0.15, -0.1) is 0 Å². The summed E-state index contributed by atoms with van der Waals surface area (Å²) in [6.07, 6.45) is 0. The van der Waals surface area contributed by atoms with Crippen LogP contribution in [0.2, 0.25) is 5.02 Å². The van der Waals surface area contributed by atoms with Crippen LogP contribution in [0.15, 0.2) is 59.8 Å². The van der Waals surface area contributed by atoms with Gasteiger partial charge in [0.2, 0.25) is 5.91 Å². The molecular formula is C21H18ClN3O3S. The Balaban J connectivity index is 1.66. The summed E-state index contributed by atoms with van der Waals surface area (Å²) in [6.45, 7) is 1.88. The predicted octanol–water partition coefficient (Wildman–Crippen LogP) is 4.62. The van der Waals surface area contributed by atoms with Gasteiger partial charge in [0.05, 0.1) is 24.1 Å². The molecule has 148 valence electrons. The number of nitrogens with one attached hydrogen (secondary N) is 1. The lowest BCUT2D eigenvalue weighted by molar-refractivity contribution is -0.113. The van der Waals surface area contributed by atoms with Crippen LogP contribution in [0.1, 0.15) is 16.1 Å². The fourth-order valence-electron chi connectivity index (χ4n) is 2.54.